The van der Waals surface area contributed by atoms with Crippen LogP contribution >= 0.6 is 0 Å². The van der Waals surface area contributed by atoms with E-state index in [1.165, 1.54) is 48.5 Å². The number of fused-ring (bicyclic) bond motifs is 3. The molecule has 0 spiro atoms. The van der Waals surface area contributed by atoms with Gasteiger partial charge in [0, 0.05) is 44.3 Å². The first-order valence-electron chi connectivity index (χ1n) is 13.3. The molecule has 0 saturated carbocycles. The molecule has 0 aromatic heterocycles. The second-order valence-electron chi connectivity index (χ2n) is 10.2. The van der Waals surface area contributed by atoms with Gasteiger partial charge in [0.2, 0.25) is 0 Å². The Bertz CT molecular complexity index is 2560. The van der Waals surface area contributed by atoms with Crippen LogP contribution in [0.1, 0.15) is 0 Å². The van der Waals surface area contributed by atoms with Gasteiger partial charge in [0.15, 0.2) is 0 Å². The van der Waals surface area contributed by atoms with Gasteiger partial charge in [-0.15, -0.1) is 0 Å². The summed E-state index contributed by atoms with van der Waals surface area (Å²) in [6.07, 6.45) is 0. The molecule has 15 nitrogen and oxygen atoms in total. The van der Waals surface area contributed by atoms with Crippen molar-refractivity contribution in [3.63, 3.8) is 0 Å². The van der Waals surface area contributed by atoms with Crippen LogP contribution in [-0.4, -0.2) is 44.0 Å². The standard InChI is InChI=1S/C10H10N2O4S.C10H10N2O3S.C10H9NO3S/c11-6-2-1-5-3-8(17(14,15)16)9(12)10(13)7(5)4-6;11-9-3-4-10(12)8-5-6(16(13,14)15)1-2-7(8)9;11-10-3-1-2-7-4-5-8(6-9(7)10)15(12,13)14/h1-4,13H,11-12H2,(H,14,15,16);1-5H,11-12H2,(H,13,14,15);1-6H,11H2,(H,12,13,14). The number of hydrogen-bond donors (Lipinski definition) is 9. The number of phenols is 1. The number of rotatable bonds is 3. The lowest BCUT2D eigenvalue weighted by Gasteiger charge is -2.09. The van der Waals surface area contributed by atoms with Gasteiger partial charge in [-0.05, 0) is 71.4 Å². The highest BCUT2D eigenvalue weighted by Gasteiger charge is 2.19. The first-order valence-corrected chi connectivity index (χ1v) is 17.6. The summed E-state index contributed by atoms with van der Waals surface area (Å²) in [5.74, 6) is -0.414. The topological polar surface area (TPSA) is 313 Å². The van der Waals surface area contributed by atoms with Crippen LogP contribution in [0.5, 0.6) is 5.75 Å². The van der Waals surface area contributed by atoms with E-state index in [1.54, 1.807) is 36.4 Å². The molecule has 0 atom stereocenters. The van der Waals surface area contributed by atoms with E-state index < -0.39 is 46.7 Å². The molecule has 0 aliphatic rings. The van der Waals surface area contributed by atoms with Gasteiger partial charge in [0.25, 0.3) is 30.4 Å². The Labute approximate surface area is 274 Å². The first kappa shape index (κ1) is 35.5. The molecule has 0 heterocycles. The van der Waals surface area contributed by atoms with E-state index >= 15 is 0 Å². The molecule has 0 bridgehead atoms. The number of hydrogen-bond acceptors (Lipinski definition) is 12. The van der Waals surface area contributed by atoms with Gasteiger partial charge in [-0.1, -0.05) is 30.3 Å². The van der Waals surface area contributed by atoms with Crippen LogP contribution in [0.3, 0.4) is 0 Å². The van der Waals surface area contributed by atoms with Crippen LogP contribution in [-0.2, 0) is 30.4 Å². The van der Waals surface area contributed by atoms with Gasteiger partial charge in [0.05, 0.1) is 15.5 Å². The van der Waals surface area contributed by atoms with Crippen LogP contribution in [0, 0.1) is 0 Å². The third kappa shape index (κ3) is 7.77. The number of benzene rings is 6. The van der Waals surface area contributed by atoms with Crippen molar-refractivity contribution >= 4 is 91.1 Å². The average molecular weight is 716 g/mol. The van der Waals surface area contributed by atoms with E-state index in [9.17, 15) is 30.4 Å². The molecule has 6 rings (SSSR count). The monoisotopic (exact) mass is 715 g/mol. The molecule has 0 aliphatic carbocycles. The van der Waals surface area contributed by atoms with Crippen LogP contribution in [0.2, 0.25) is 0 Å². The van der Waals surface area contributed by atoms with Crippen LogP contribution in [0.25, 0.3) is 32.3 Å². The molecule has 6 aromatic rings. The zero-order valence-corrected chi connectivity index (χ0v) is 27.0. The third-order valence-electron chi connectivity index (χ3n) is 6.96. The van der Waals surface area contributed by atoms with Crippen LogP contribution in [0.15, 0.2) is 106 Å². The van der Waals surface area contributed by atoms with Crippen molar-refractivity contribution in [2.24, 2.45) is 0 Å². The third-order valence-corrected chi connectivity index (χ3v) is 9.55. The lowest BCUT2D eigenvalue weighted by molar-refractivity contribution is 0.473. The first-order chi connectivity index (χ1) is 22.2. The number of aromatic hydroxyl groups is 1. The molecule has 18 heteroatoms. The summed E-state index contributed by atoms with van der Waals surface area (Å²) in [7, 11) is -12.9. The summed E-state index contributed by atoms with van der Waals surface area (Å²) in [5.41, 5.74) is 29.5. The summed E-state index contributed by atoms with van der Waals surface area (Å²) < 4.78 is 92.6. The zero-order chi connectivity index (χ0) is 35.8. The van der Waals surface area contributed by atoms with Gasteiger partial charge in [0.1, 0.15) is 10.6 Å². The second-order valence-corrected chi connectivity index (χ2v) is 14.5. The summed E-state index contributed by atoms with van der Waals surface area (Å²) in [6, 6.07) is 22.6. The SMILES string of the molecule is Nc1ccc(N)c2cc(S(=O)(=O)O)ccc12.Nc1ccc2cc(S(=O)(=O)O)c(N)c(O)c2c1.Nc1cccc2ccc(S(=O)(=O)O)cc12. The molecule has 0 amide bonds. The minimum absolute atomic E-state index is 0.145. The van der Waals surface area contributed by atoms with Gasteiger partial charge in [-0.25, -0.2) is 0 Å². The smallest absolute Gasteiger partial charge is 0.296 e. The van der Waals surface area contributed by atoms with Crippen molar-refractivity contribution in [2.75, 3.05) is 28.7 Å². The molecule has 0 fully saturated rings. The molecule has 0 unspecified atom stereocenters. The Balaban J connectivity index is 0.000000163. The number of phenolic OH excluding ortho intramolecular Hbond substituents is 1. The normalized spacial score (nSPS) is 11.8. The largest absolute Gasteiger partial charge is 0.505 e. The second kappa shape index (κ2) is 13.0. The highest BCUT2D eigenvalue weighted by atomic mass is 32.2. The minimum atomic E-state index is -4.47. The van der Waals surface area contributed by atoms with E-state index in [1.807, 2.05) is 6.07 Å². The van der Waals surface area contributed by atoms with Crippen molar-refractivity contribution in [1.82, 2.24) is 0 Å². The van der Waals surface area contributed by atoms with Gasteiger partial charge in [-0.3, -0.25) is 13.7 Å². The van der Waals surface area contributed by atoms with Gasteiger partial charge in [-0.2, -0.15) is 25.3 Å². The highest BCUT2D eigenvalue weighted by Crippen LogP contribution is 2.37. The summed E-state index contributed by atoms with van der Waals surface area (Å²) in [5, 5.41) is 13.1. The van der Waals surface area contributed by atoms with Crippen molar-refractivity contribution in [3.8, 4) is 5.75 Å². The molecular formula is C30H29N5O10S3. The van der Waals surface area contributed by atoms with Crippen molar-refractivity contribution in [1.29, 1.82) is 0 Å². The summed E-state index contributed by atoms with van der Waals surface area (Å²) >= 11 is 0. The molecule has 48 heavy (non-hydrogen) atoms. The molecule has 252 valence electrons. The Hall–Kier alpha value is -5.37. The molecule has 14 N–H and O–H groups in total. The van der Waals surface area contributed by atoms with E-state index in [0.717, 1.165) is 5.39 Å². The van der Waals surface area contributed by atoms with Crippen molar-refractivity contribution in [3.05, 3.63) is 91.0 Å². The molecular weight excluding hydrogens is 687 g/mol. The lowest BCUT2D eigenvalue weighted by Crippen LogP contribution is -2.03. The maximum Gasteiger partial charge on any atom is 0.296 e. The molecule has 0 radical (unpaired) electrons. The molecule has 6 aromatic carbocycles. The predicted octanol–water partition coefficient (Wildman–Crippen LogP) is 3.88. The lowest BCUT2D eigenvalue weighted by atomic mass is 10.1. The molecule has 0 aliphatic heterocycles. The van der Waals surface area contributed by atoms with E-state index in [-0.39, 0.29) is 9.79 Å². The number of nitrogens with two attached hydrogens (primary N) is 5. The quantitative estimate of drug-likeness (QED) is 0.0713. The number of anilines is 5. The van der Waals surface area contributed by atoms with Gasteiger partial charge < -0.3 is 33.8 Å². The molecule has 0 saturated heterocycles. The fourth-order valence-corrected chi connectivity index (χ4v) is 6.23. The summed E-state index contributed by atoms with van der Waals surface area (Å²) in [6.45, 7) is 0. The Morgan fingerprint density at radius 2 is 0.979 bits per heavy atom. The zero-order valence-electron chi connectivity index (χ0n) is 24.5. The minimum Gasteiger partial charge on any atom is -0.505 e. The predicted molar refractivity (Wildman–Crippen MR) is 185 cm³/mol. The van der Waals surface area contributed by atoms with E-state index in [0.29, 0.717) is 49.7 Å². The van der Waals surface area contributed by atoms with Crippen molar-refractivity contribution < 1.29 is 44.0 Å². The Kier molecular flexibility index (Phi) is 9.63. The number of nitrogen functional groups attached to an aromatic ring is 5. The fourth-order valence-electron chi connectivity index (χ4n) is 4.57. The fraction of sp³-hybridized carbons (Fsp3) is 0. The van der Waals surface area contributed by atoms with Gasteiger partial charge >= 0.3 is 0 Å². The van der Waals surface area contributed by atoms with Crippen LogP contribution in [0.4, 0.5) is 28.4 Å². The van der Waals surface area contributed by atoms with Crippen molar-refractivity contribution in [2.45, 2.75) is 14.7 Å². The van der Waals surface area contributed by atoms with E-state index in [4.69, 9.17) is 42.3 Å². The highest BCUT2D eigenvalue weighted by molar-refractivity contribution is 7.86. The van der Waals surface area contributed by atoms with Crippen LogP contribution < -0.4 is 28.7 Å². The average Bonchev–Trinajstić information content (AvgIpc) is 3.00. The Morgan fingerprint density at radius 1 is 0.458 bits per heavy atom. The summed E-state index contributed by atoms with van der Waals surface area (Å²) in [4.78, 5) is -0.863. The maximum absolute atomic E-state index is 11.1. The Morgan fingerprint density at radius 3 is 1.56 bits per heavy atom. The van der Waals surface area contributed by atoms with E-state index in [2.05, 4.69) is 0 Å². The maximum atomic E-state index is 11.1.